The second-order valence-corrected chi connectivity index (χ2v) is 3.87. The average molecular weight is 207 g/mol. The maximum absolute atomic E-state index is 13.1. The van der Waals surface area contributed by atoms with Crippen LogP contribution in [0.5, 0.6) is 0 Å². The standard InChI is InChI=1S/C9H15F2NO2/c1-6(2)12-5-9(10,11)4-7(12)8(13)14-3/h6-7H,4-5H2,1-3H3. The van der Waals surface area contributed by atoms with E-state index in [0.29, 0.717) is 0 Å². The van der Waals surface area contributed by atoms with Gasteiger partial charge in [-0.25, -0.2) is 8.78 Å². The first-order valence-corrected chi connectivity index (χ1v) is 4.59. The average Bonchev–Trinajstić information content (AvgIpc) is 2.40. The molecule has 0 saturated carbocycles. The minimum absolute atomic E-state index is 0.0764. The van der Waals surface area contributed by atoms with Gasteiger partial charge in [0.15, 0.2) is 0 Å². The summed E-state index contributed by atoms with van der Waals surface area (Å²) in [5.41, 5.74) is 0. The predicted molar refractivity (Wildman–Crippen MR) is 47.2 cm³/mol. The maximum atomic E-state index is 13.1. The molecule has 0 radical (unpaired) electrons. The van der Waals surface area contributed by atoms with E-state index < -0.39 is 24.4 Å². The summed E-state index contributed by atoms with van der Waals surface area (Å²) in [7, 11) is 1.22. The second-order valence-electron chi connectivity index (χ2n) is 3.87. The highest BCUT2D eigenvalue weighted by atomic mass is 19.3. The lowest BCUT2D eigenvalue weighted by Gasteiger charge is -2.25. The van der Waals surface area contributed by atoms with Gasteiger partial charge in [-0.05, 0) is 13.8 Å². The number of hydrogen-bond acceptors (Lipinski definition) is 3. The Labute approximate surface area is 82.0 Å². The molecule has 0 amide bonds. The van der Waals surface area contributed by atoms with Crippen LogP contribution in [0.3, 0.4) is 0 Å². The van der Waals surface area contributed by atoms with Crippen molar-refractivity contribution in [1.82, 2.24) is 4.90 Å². The molecule has 0 bridgehead atoms. The summed E-state index contributed by atoms with van der Waals surface area (Å²) in [4.78, 5) is 12.7. The predicted octanol–water partition coefficient (Wildman–Crippen LogP) is 1.28. The van der Waals surface area contributed by atoms with E-state index in [9.17, 15) is 13.6 Å². The molecule has 0 aliphatic carbocycles. The molecule has 1 aliphatic heterocycles. The minimum Gasteiger partial charge on any atom is -0.468 e. The fourth-order valence-electron chi connectivity index (χ4n) is 1.74. The normalized spacial score (nSPS) is 26.9. The first-order valence-electron chi connectivity index (χ1n) is 4.59. The minimum atomic E-state index is -2.77. The number of alkyl halides is 2. The number of nitrogens with zero attached hydrogens (tertiary/aromatic N) is 1. The molecule has 0 spiro atoms. The van der Waals surface area contributed by atoms with Crippen LogP contribution >= 0.6 is 0 Å². The number of rotatable bonds is 2. The van der Waals surface area contributed by atoms with Crippen molar-refractivity contribution in [3.05, 3.63) is 0 Å². The first-order chi connectivity index (χ1) is 6.37. The Morgan fingerprint density at radius 2 is 2.14 bits per heavy atom. The van der Waals surface area contributed by atoms with Crippen LogP contribution in [0, 0.1) is 0 Å². The number of halogens is 2. The summed E-state index contributed by atoms with van der Waals surface area (Å²) in [6, 6.07) is -0.873. The lowest BCUT2D eigenvalue weighted by atomic mass is 10.2. The number of esters is 1. The van der Waals surface area contributed by atoms with Crippen LogP contribution in [-0.2, 0) is 9.53 Å². The number of ether oxygens (including phenoxy) is 1. The fraction of sp³-hybridized carbons (Fsp3) is 0.889. The lowest BCUT2D eigenvalue weighted by Crippen LogP contribution is -2.41. The zero-order valence-corrected chi connectivity index (χ0v) is 8.59. The molecule has 1 atom stereocenters. The summed E-state index contributed by atoms with van der Waals surface area (Å²) < 4.78 is 30.6. The van der Waals surface area contributed by atoms with Crippen molar-refractivity contribution in [2.45, 2.75) is 38.3 Å². The van der Waals surface area contributed by atoms with Gasteiger partial charge in [-0.3, -0.25) is 9.69 Å². The van der Waals surface area contributed by atoms with Crippen LogP contribution in [0.2, 0.25) is 0 Å². The van der Waals surface area contributed by atoms with Crippen LogP contribution in [-0.4, -0.2) is 42.5 Å². The third kappa shape index (κ3) is 2.20. The number of carbonyl (C=O) groups is 1. The van der Waals surface area contributed by atoms with E-state index in [2.05, 4.69) is 4.74 Å². The molecule has 5 heteroatoms. The Balaban J connectivity index is 2.77. The topological polar surface area (TPSA) is 29.5 Å². The Morgan fingerprint density at radius 1 is 1.57 bits per heavy atom. The largest absolute Gasteiger partial charge is 0.468 e. The third-order valence-electron chi connectivity index (χ3n) is 2.44. The summed E-state index contributed by atoms with van der Waals surface area (Å²) in [5, 5.41) is 0. The number of hydrogen-bond donors (Lipinski definition) is 0. The van der Waals surface area contributed by atoms with Crippen molar-refractivity contribution in [3.63, 3.8) is 0 Å². The molecule has 3 nitrogen and oxygen atoms in total. The van der Waals surface area contributed by atoms with E-state index in [0.717, 1.165) is 0 Å². The SMILES string of the molecule is COC(=O)C1CC(F)(F)CN1C(C)C. The van der Waals surface area contributed by atoms with Crippen molar-refractivity contribution in [3.8, 4) is 0 Å². The highest BCUT2D eigenvalue weighted by molar-refractivity contribution is 5.76. The van der Waals surface area contributed by atoms with Gasteiger partial charge in [0.2, 0.25) is 0 Å². The Kier molecular flexibility index (Phi) is 3.09. The van der Waals surface area contributed by atoms with Crippen molar-refractivity contribution < 1.29 is 18.3 Å². The van der Waals surface area contributed by atoms with Gasteiger partial charge in [-0.2, -0.15) is 0 Å². The van der Waals surface area contributed by atoms with E-state index in [1.54, 1.807) is 13.8 Å². The second kappa shape index (κ2) is 3.81. The van der Waals surface area contributed by atoms with E-state index in [1.165, 1.54) is 12.0 Å². The summed E-state index contributed by atoms with van der Waals surface area (Å²) >= 11 is 0. The van der Waals surface area contributed by atoms with Crippen molar-refractivity contribution in [1.29, 1.82) is 0 Å². The zero-order chi connectivity index (χ0) is 10.9. The van der Waals surface area contributed by atoms with E-state index in [4.69, 9.17) is 0 Å². The van der Waals surface area contributed by atoms with Gasteiger partial charge in [0.05, 0.1) is 13.7 Å². The molecular weight excluding hydrogens is 192 g/mol. The molecule has 0 N–H and O–H groups in total. The summed E-state index contributed by atoms with van der Waals surface area (Å²) in [5.74, 6) is -3.35. The molecule has 82 valence electrons. The molecule has 0 aromatic heterocycles. The quantitative estimate of drug-likeness (QED) is 0.639. The van der Waals surface area contributed by atoms with Crippen molar-refractivity contribution in [2.75, 3.05) is 13.7 Å². The number of carbonyl (C=O) groups excluding carboxylic acids is 1. The smallest absolute Gasteiger partial charge is 0.323 e. The van der Waals surface area contributed by atoms with Crippen LogP contribution in [0.25, 0.3) is 0 Å². The van der Waals surface area contributed by atoms with Crippen LogP contribution in [0.1, 0.15) is 20.3 Å². The van der Waals surface area contributed by atoms with Gasteiger partial charge < -0.3 is 4.74 Å². The van der Waals surface area contributed by atoms with Gasteiger partial charge >= 0.3 is 5.97 Å². The highest BCUT2D eigenvalue weighted by Crippen LogP contribution is 2.33. The maximum Gasteiger partial charge on any atom is 0.323 e. The zero-order valence-electron chi connectivity index (χ0n) is 8.59. The molecule has 14 heavy (non-hydrogen) atoms. The third-order valence-corrected chi connectivity index (χ3v) is 2.44. The van der Waals surface area contributed by atoms with Crippen molar-refractivity contribution >= 4 is 5.97 Å². The van der Waals surface area contributed by atoms with Crippen LogP contribution in [0.4, 0.5) is 8.78 Å². The van der Waals surface area contributed by atoms with Gasteiger partial charge in [0.1, 0.15) is 6.04 Å². The number of likely N-dealkylation sites (tertiary alicyclic amines) is 1. The summed E-state index contributed by atoms with van der Waals surface area (Å²) in [6.45, 7) is 3.22. The van der Waals surface area contributed by atoms with Gasteiger partial charge in [-0.15, -0.1) is 0 Å². The van der Waals surface area contributed by atoms with Gasteiger partial charge in [0.25, 0.3) is 5.92 Å². The first kappa shape index (κ1) is 11.4. The molecule has 0 aromatic carbocycles. The highest BCUT2D eigenvalue weighted by Gasteiger charge is 2.49. The van der Waals surface area contributed by atoms with Crippen molar-refractivity contribution in [2.24, 2.45) is 0 Å². The molecule has 1 saturated heterocycles. The van der Waals surface area contributed by atoms with Crippen LogP contribution < -0.4 is 0 Å². The van der Waals surface area contributed by atoms with Gasteiger partial charge in [-0.1, -0.05) is 0 Å². The lowest BCUT2D eigenvalue weighted by molar-refractivity contribution is -0.146. The van der Waals surface area contributed by atoms with Crippen LogP contribution in [0.15, 0.2) is 0 Å². The molecule has 1 fully saturated rings. The Bertz CT molecular complexity index is 231. The van der Waals surface area contributed by atoms with Gasteiger partial charge in [0, 0.05) is 12.5 Å². The Morgan fingerprint density at radius 3 is 2.57 bits per heavy atom. The number of methoxy groups -OCH3 is 1. The van der Waals surface area contributed by atoms with E-state index >= 15 is 0 Å². The molecule has 1 rings (SSSR count). The molecule has 1 aliphatic rings. The van der Waals surface area contributed by atoms with E-state index in [1.807, 2.05) is 0 Å². The molecule has 1 heterocycles. The molecular formula is C9H15F2NO2. The summed E-state index contributed by atoms with van der Waals surface area (Å²) in [6.07, 6.45) is -0.433. The molecule has 0 aromatic rings. The Hall–Kier alpha value is -0.710. The molecule has 1 unspecified atom stereocenters. The monoisotopic (exact) mass is 207 g/mol. The van der Waals surface area contributed by atoms with E-state index in [-0.39, 0.29) is 12.6 Å². The fourth-order valence-corrected chi connectivity index (χ4v) is 1.74.